The first-order valence-corrected chi connectivity index (χ1v) is 8.75. The Hall–Kier alpha value is -1.23. The van der Waals surface area contributed by atoms with E-state index in [-0.39, 0.29) is 6.04 Å². The number of nitrogens with one attached hydrogen (secondary N) is 1. The molecule has 108 valence electrons. The maximum atomic E-state index is 4.84. The van der Waals surface area contributed by atoms with Gasteiger partial charge in [0.15, 0.2) is 0 Å². The quantitative estimate of drug-likeness (QED) is 0.695. The number of halogens is 1. The first-order valence-electron chi connectivity index (χ1n) is 7.01. The minimum Gasteiger partial charge on any atom is -0.312 e. The number of nitrogens with zero attached hydrogens (tertiary/aromatic N) is 1. The van der Waals surface area contributed by atoms with Crippen molar-refractivity contribution in [3.8, 4) is 0 Å². The summed E-state index contributed by atoms with van der Waals surface area (Å²) in [7, 11) is 2.00. The molecule has 0 aliphatic carbocycles. The molecule has 2 heterocycles. The highest BCUT2D eigenvalue weighted by Gasteiger charge is 2.15. The van der Waals surface area contributed by atoms with E-state index in [1.165, 1.54) is 10.9 Å². The zero-order valence-electron chi connectivity index (χ0n) is 11.8. The number of thiophene rings is 1. The topological polar surface area (TPSA) is 24.9 Å². The van der Waals surface area contributed by atoms with Gasteiger partial charge in [-0.2, -0.15) is 11.3 Å². The Kier molecular flexibility index (Phi) is 4.68. The highest BCUT2D eigenvalue weighted by molar-refractivity contribution is 9.10. The summed E-state index contributed by atoms with van der Waals surface area (Å²) in [4.78, 5) is 4.84. The van der Waals surface area contributed by atoms with Crippen molar-refractivity contribution in [3.05, 3.63) is 62.9 Å². The molecule has 0 aliphatic rings. The van der Waals surface area contributed by atoms with Gasteiger partial charge in [-0.25, -0.2) is 4.98 Å². The third-order valence-electron chi connectivity index (χ3n) is 3.68. The SMILES string of the molecule is CNC(CCc1ccsc1)c1nc2ccccc2cc1Br. The first kappa shape index (κ1) is 14.7. The predicted molar refractivity (Wildman–Crippen MR) is 93.9 cm³/mol. The van der Waals surface area contributed by atoms with Crippen LogP contribution in [0.2, 0.25) is 0 Å². The molecule has 0 saturated carbocycles. The fraction of sp³-hybridized carbons (Fsp3) is 0.235. The number of pyridine rings is 1. The second-order valence-electron chi connectivity index (χ2n) is 5.06. The Morgan fingerprint density at radius 2 is 2.14 bits per heavy atom. The molecule has 0 bridgehead atoms. The van der Waals surface area contributed by atoms with Gasteiger partial charge in [0.25, 0.3) is 0 Å². The van der Waals surface area contributed by atoms with Crippen LogP contribution in [0.1, 0.15) is 23.7 Å². The van der Waals surface area contributed by atoms with Gasteiger partial charge in [-0.3, -0.25) is 0 Å². The van der Waals surface area contributed by atoms with Crippen LogP contribution < -0.4 is 5.32 Å². The minimum atomic E-state index is 0.254. The fourth-order valence-electron chi connectivity index (χ4n) is 2.51. The molecule has 0 saturated heterocycles. The van der Waals surface area contributed by atoms with Gasteiger partial charge in [-0.05, 0) is 70.3 Å². The van der Waals surface area contributed by atoms with Gasteiger partial charge in [0.2, 0.25) is 0 Å². The van der Waals surface area contributed by atoms with E-state index < -0.39 is 0 Å². The van der Waals surface area contributed by atoms with Crippen LogP contribution in [0.25, 0.3) is 10.9 Å². The van der Waals surface area contributed by atoms with E-state index in [0.717, 1.165) is 28.5 Å². The summed E-state index contributed by atoms with van der Waals surface area (Å²) in [6, 6.07) is 12.8. The van der Waals surface area contributed by atoms with Crippen LogP contribution in [0.4, 0.5) is 0 Å². The van der Waals surface area contributed by atoms with E-state index in [1.807, 2.05) is 19.2 Å². The molecule has 1 aromatic carbocycles. The third kappa shape index (κ3) is 3.34. The molecule has 0 radical (unpaired) electrons. The van der Waals surface area contributed by atoms with Gasteiger partial charge in [-0.15, -0.1) is 0 Å². The third-order valence-corrected chi connectivity index (χ3v) is 5.05. The molecule has 1 unspecified atom stereocenters. The summed E-state index contributed by atoms with van der Waals surface area (Å²) in [6.07, 6.45) is 2.10. The van der Waals surface area contributed by atoms with Crippen LogP contribution >= 0.6 is 27.3 Å². The van der Waals surface area contributed by atoms with Crippen molar-refractivity contribution in [1.82, 2.24) is 10.3 Å². The molecule has 3 rings (SSSR count). The van der Waals surface area contributed by atoms with Crippen LogP contribution in [0.3, 0.4) is 0 Å². The summed E-state index contributed by atoms with van der Waals surface area (Å²) in [6.45, 7) is 0. The summed E-state index contributed by atoms with van der Waals surface area (Å²) >= 11 is 5.43. The second kappa shape index (κ2) is 6.69. The van der Waals surface area contributed by atoms with Crippen molar-refractivity contribution < 1.29 is 0 Å². The average Bonchev–Trinajstić information content (AvgIpc) is 3.01. The van der Waals surface area contributed by atoms with E-state index in [2.05, 4.69) is 56.3 Å². The molecule has 4 heteroatoms. The van der Waals surface area contributed by atoms with Crippen LogP contribution in [-0.2, 0) is 6.42 Å². The molecule has 0 fully saturated rings. The monoisotopic (exact) mass is 360 g/mol. The number of para-hydroxylation sites is 1. The lowest BCUT2D eigenvalue weighted by atomic mass is 10.0. The van der Waals surface area contributed by atoms with Crippen LogP contribution in [0.15, 0.2) is 51.6 Å². The second-order valence-corrected chi connectivity index (χ2v) is 6.69. The maximum absolute atomic E-state index is 4.84. The number of benzene rings is 1. The lowest BCUT2D eigenvalue weighted by Crippen LogP contribution is -2.19. The van der Waals surface area contributed by atoms with Crippen molar-refractivity contribution in [3.63, 3.8) is 0 Å². The molecule has 3 aromatic rings. The van der Waals surface area contributed by atoms with Crippen LogP contribution in [-0.4, -0.2) is 12.0 Å². The molecule has 2 aromatic heterocycles. The molecule has 21 heavy (non-hydrogen) atoms. The average molecular weight is 361 g/mol. The number of fused-ring (bicyclic) bond motifs is 1. The van der Waals surface area contributed by atoms with E-state index in [4.69, 9.17) is 4.98 Å². The smallest absolute Gasteiger partial charge is 0.0722 e. The van der Waals surface area contributed by atoms with E-state index in [0.29, 0.717) is 0 Å². The number of hydrogen-bond acceptors (Lipinski definition) is 3. The number of aryl methyl sites for hydroxylation is 1. The lowest BCUT2D eigenvalue weighted by molar-refractivity contribution is 0.535. The Bertz CT molecular complexity index is 725. The Morgan fingerprint density at radius 1 is 1.29 bits per heavy atom. The number of rotatable bonds is 5. The van der Waals surface area contributed by atoms with Gasteiger partial charge in [0, 0.05) is 9.86 Å². The van der Waals surface area contributed by atoms with Gasteiger partial charge in [-0.1, -0.05) is 18.2 Å². The van der Waals surface area contributed by atoms with Gasteiger partial charge >= 0.3 is 0 Å². The predicted octanol–water partition coefficient (Wildman–Crippen LogP) is 4.95. The molecule has 0 spiro atoms. The largest absolute Gasteiger partial charge is 0.312 e. The number of aromatic nitrogens is 1. The molecular formula is C17H17BrN2S. The van der Waals surface area contributed by atoms with E-state index in [1.54, 1.807) is 11.3 Å². The molecule has 1 atom stereocenters. The molecule has 1 N–H and O–H groups in total. The van der Waals surface area contributed by atoms with Crippen molar-refractivity contribution in [2.24, 2.45) is 0 Å². The molecule has 2 nitrogen and oxygen atoms in total. The van der Waals surface area contributed by atoms with Gasteiger partial charge in [0.05, 0.1) is 17.3 Å². The molecule has 0 aliphatic heterocycles. The van der Waals surface area contributed by atoms with Crippen molar-refractivity contribution in [1.29, 1.82) is 0 Å². The number of hydrogen-bond donors (Lipinski definition) is 1. The highest BCUT2D eigenvalue weighted by atomic mass is 79.9. The Morgan fingerprint density at radius 3 is 2.90 bits per heavy atom. The zero-order valence-corrected chi connectivity index (χ0v) is 14.2. The normalized spacial score (nSPS) is 12.7. The standard InChI is InChI=1S/C17H17BrN2S/c1-19-16(7-6-12-8-9-21-11-12)17-14(18)10-13-4-2-3-5-15(13)20-17/h2-5,8-11,16,19H,6-7H2,1H3. The summed E-state index contributed by atoms with van der Waals surface area (Å²) in [5, 5.41) is 8.92. The van der Waals surface area contributed by atoms with Gasteiger partial charge in [0.1, 0.15) is 0 Å². The minimum absolute atomic E-state index is 0.254. The highest BCUT2D eigenvalue weighted by Crippen LogP contribution is 2.28. The summed E-state index contributed by atoms with van der Waals surface area (Å²) in [5.41, 5.74) is 3.54. The van der Waals surface area contributed by atoms with Gasteiger partial charge < -0.3 is 5.32 Å². The lowest BCUT2D eigenvalue weighted by Gasteiger charge is -2.17. The van der Waals surface area contributed by atoms with E-state index >= 15 is 0 Å². The fourth-order valence-corrected chi connectivity index (χ4v) is 3.83. The molecular weight excluding hydrogens is 344 g/mol. The molecule has 0 amide bonds. The van der Waals surface area contributed by atoms with Crippen molar-refractivity contribution in [2.75, 3.05) is 7.05 Å². The maximum Gasteiger partial charge on any atom is 0.0722 e. The summed E-state index contributed by atoms with van der Waals surface area (Å²) < 4.78 is 1.07. The van der Waals surface area contributed by atoms with E-state index in [9.17, 15) is 0 Å². The van der Waals surface area contributed by atoms with Crippen molar-refractivity contribution in [2.45, 2.75) is 18.9 Å². The first-order chi connectivity index (χ1) is 10.3. The Balaban J connectivity index is 1.87. The van der Waals surface area contributed by atoms with Crippen molar-refractivity contribution >= 4 is 38.2 Å². The van der Waals surface area contributed by atoms with Crippen LogP contribution in [0, 0.1) is 0 Å². The zero-order chi connectivity index (χ0) is 14.7. The summed E-state index contributed by atoms with van der Waals surface area (Å²) in [5.74, 6) is 0. The Labute approximate surface area is 137 Å². The van der Waals surface area contributed by atoms with Crippen LogP contribution in [0.5, 0.6) is 0 Å².